The number of nitrogens with one attached hydrogen (secondary N) is 2. The fourth-order valence-electron chi connectivity index (χ4n) is 6.51. The molecule has 35 heavy (non-hydrogen) atoms. The average Bonchev–Trinajstić information content (AvgIpc) is 3.66. The molecule has 4 aliphatic rings. The topological polar surface area (TPSA) is 103 Å². The Hall–Kier alpha value is -2.31. The molecule has 4 fully saturated rings. The lowest BCUT2D eigenvalue weighted by molar-refractivity contribution is -0.164. The van der Waals surface area contributed by atoms with Crippen LogP contribution in [0.1, 0.15) is 44.2 Å². The minimum atomic E-state index is -0.743. The summed E-state index contributed by atoms with van der Waals surface area (Å²) >= 11 is 2.16. The molecule has 3 aliphatic carbocycles. The summed E-state index contributed by atoms with van der Waals surface area (Å²) in [5.74, 6) is 0.627. The lowest BCUT2D eigenvalue weighted by Crippen LogP contribution is -2.40. The number of fused-ring (bicyclic) bond motifs is 4. The van der Waals surface area contributed by atoms with Crippen molar-refractivity contribution >= 4 is 45.5 Å². The number of benzene rings is 1. The molecule has 0 radical (unpaired) electrons. The first kappa shape index (κ1) is 21.9. The number of rotatable bonds is 5. The van der Waals surface area contributed by atoms with Crippen LogP contribution in [0.5, 0.6) is 0 Å². The van der Waals surface area contributed by atoms with Gasteiger partial charge < -0.3 is 24.7 Å². The van der Waals surface area contributed by atoms with E-state index in [-0.39, 0.29) is 30.1 Å². The molecule has 7 atom stereocenters. The van der Waals surface area contributed by atoms with Gasteiger partial charge in [-0.3, -0.25) is 4.79 Å². The molecule has 10 heteroatoms. The number of aromatic nitrogens is 4. The van der Waals surface area contributed by atoms with Crippen LogP contribution in [0.25, 0.3) is 11.2 Å². The van der Waals surface area contributed by atoms with E-state index in [4.69, 9.17) is 24.4 Å². The molecule has 1 saturated heterocycles. The smallest absolute Gasteiger partial charge is 0.229 e. The summed E-state index contributed by atoms with van der Waals surface area (Å²) in [7, 11) is 1.69. The second kappa shape index (κ2) is 7.36. The van der Waals surface area contributed by atoms with Crippen LogP contribution < -0.4 is 10.6 Å². The van der Waals surface area contributed by atoms with Crippen molar-refractivity contribution in [2.75, 3.05) is 12.4 Å². The summed E-state index contributed by atoms with van der Waals surface area (Å²) in [5.41, 5.74) is 2.29. The molecule has 2 aromatic heterocycles. The highest BCUT2D eigenvalue weighted by molar-refractivity contribution is 14.1. The Morgan fingerprint density at radius 2 is 2.00 bits per heavy atom. The largest absolute Gasteiger partial charge is 0.365 e. The molecule has 0 bridgehead atoms. The van der Waals surface area contributed by atoms with Gasteiger partial charge in [-0.1, -0.05) is 30.3 Å². The number of amides is 1. The number of carbonyl (C=O) groups excluding carboxylic acids is 1. The van der Waals surface area contributed by atoms with Gasteiger partial charge in [0.1, 0.15) is 12.2 Å². The maximum Gasteiger partial charge on any atom is 0.229 e. The van der Waals surface area contributed by atoms with Gasteiger partial charge in [0.25, 0.3) is 0 Å². The Morgan fingerprint density at radius 1 is 1.20 bits per heavy atom. The molecule has 2 unspecified atom stereocenters. The van der Waals surface area contributed by atoms with E-state index < -0.39 is 11.2 Å². The van der Waals surface area contributed by atoms with Crippen LogP contribution >= 0.6 is 22.6 Å². The first-order valence-corrected chi connectivity index (χ1v) is 13.2. The molecular weight excluding hydrogens is 559 g/mol. The molecule has 3 aromatic rings. The van der Waals surface area contributed by atoms with E-state index in [1.165, 1.54) is 5.56 Å². The van der Waals surface area contributed by atoms with Gasteiger partial charge in [-0.15, -0.1) is 0 Å². The Labute approximate surface area is 216 Å². The number of ether oxygens (including phenoxy) is 2. The van der Waals surface area contributed by atoms with E-state index >= 15 is 0 Å². The highest BCUT2D eigenvalue weighted by Gasteiger charge is 2.79. The van der Waals surface area contributed by atoms with Crippen LogP contribution in [-0.2, 0) is 14.3 Å². The van der Waals surface area contributed by atoms with E-state index in [1.54, 1.807) is 7.05 Å². The molecular formula is C25H27IN6O3. The van der Waals surface area contributed by atoms with Crippen molar-refractivity contribution in [3.8, 4) is 0 Å². The number of hydrogen-bond donors (Lipinski definition) is 2. The number of hydrogen-bond acceptors (Lipinski definition) is 7. The molecule has 0 spiro atoms. The summed E-state index contributed by atoms with van der Waals surface area (Å²) in [6.07, 6.45) is 3.13. The second-order valence-electron chi connectivity index (χ2n) is 10.6. The van der Waals surface area contributed by atoms with E-state index in [2.05, 4.69) is 62.1 Å². The maximum absolute atomic E-state index is 13.0. The van der Waals surface area contributed by atoms with Crippen LogP contribution in [0.15, 0.2) is 36.7 Å². The van der Waals surface area contributed by atoms with Crippen LogP contribution in [-0.4, -0.2) is 56.5 Å². The lowest BCUT2D eigenvalue weighted by Gasteiger charge is -2.24. The Morgan fingerprint density at radius 3 is 2.77 bits per heavy atom. The summed E-state index contributed by atoms with van der Waals surface area (Å²) in [5, 5.41) is 6.48. The van der Waals surface area contributed by atoms with Gasteiger partial charge in [0.15, 0.2) is 26.6 Å². The third kappa shape index (κ3) is 3.18. The van der Waals surface area contributed by atoms with Crippen molar-refractivity contribution in [3.63, 3.8) is 0 Å². The minimum absolute atomic E-state index is 0.0259. The summed E-state index contributed by atoms with van der Waals surface area (Å²) in [6.45, 7) is 3.82. The summed E-state index contributed by atoms with van der Waals surface area (Å²) < 4.78 is 15.4. The Bertz CT molecular complexity index is 1350. The van der Waals surface area contributed by atoms with Crippen molar-refractivity contribution in [1.29, 1.82) is 0 Å². The third-order valence-electron chi connectivity index (χ3n) is 8.15. The van der Waals surface area contributed by atoms with Gasteiger partial charge in [-0.25, -0.2) is 15.0 Å². The SMILES string of the molecule is CNC(=O)[C@@]12C[C@@H]1[C@@H](n1cnc3c(NC4CC4c4ccccc4)nc(I)nc31)[C@H]1OC(C)(C)O[C@H]12. The van der Waals surface area contributed by atoms with Crippen molar-refractivity contribution in [2.24, 2.45) is 11.3 Å². The Balaban J connectivity index is 1.24. The minimum Gasteiger partial charge on any atom is -0.365 e. The van der Waals surface area contributed by atoms with Gasteiger partial charge in [0.05, 0.1) is 17.8 Å². The zero-order valence-electron chi connectivity index (χ0n) is 19.7. The van der Waals surface area contributed by atoms with Gasteiger partial charge in [0, 0.05) is 47.5 Å². The first-order valence-electron chi connectivity index (χ1n) is 12.1. The van der Waals surface area contributed by atoms with Crippen molar-refractivity contribution < 1.29 is 14.3 Å². The highest BCUT2D eigenvalue weighted by Crippen LogP contribution is 2.71. The van der Waals surface area contributed by atoms with E-state index in [9.17, 15) is 4.79 Å². The second-order valence-corrected chi connectivity index (χ2v) is 11.6. The van der Waals surface area contributed by atoms with E-state index in [0.717, 1.165) is 29.8 Å². The maximum atomic E-state index is 13.0. The highest BCUT2D eigenvalue weighted by atomic mass is 127. The molecule has 3 heterocycles. The quantitative estimate of drug-likeness (QED) is 0.350. The lowest BCUT2D eigenvalue weighted by atomic mass is 9.98. The van der Waals surface area contributed by atoms with Crippen LogP contribution in [0.3, 0.4) is 0 Å². The van der Waals surface area contributed by atoms with Gasteiger partial charge in [-0.05, 0) is 32.3 Å². The summed E-state index contributed by atoms with van der Waals surface area (Å²) in [4.78, 5) is 27.2. The van der Waals surface area contributed by atoms with Crippen molar-refractivity contribution in [3.05, 3.63) is 46.1 Å². The summed E-state index contributed by atoms with van der Waals surface area (Å²) in [6, 6.07) is 10.8. The molecule has 3 saturated carbocycles. The van der Waals surface area contributed by atoms with Crippen LogP contribution in [0.4, 0.5) is 5.82 Å². The van der Waals surface area contributed by atoms with Crippen LogP contribution in [0, 0.1) is 15.2 Å². The number of anilines is 1. The normalized spacial score (nSPS) is 36.0. The monoisotopic (exact) mass is 586 g/mol. The molecule has 7 rings (SSSR count). The van der Waals surface area contributed by atoms with Crippen molar-refractivity contribution in [1.82, 2.24) is 24.8 Å². The molecule has 182 valence electrons. The third-order valence-corrected chi connectivity index (χ3v) is 8.63. The van der Waals surface area contributed by atoms with Gasteiger partial charge in [-0.2, -0.15) is 0 Å². The molecule has 2 N–H and O–H groups in total. The predicted octanol–water partition coefficient (Wildman–Crippen LogP) is 3.23. The van der Waals surface area contributed by atoms with Crippen molar-refractivity contribution in [2.45, 2.75) is 62.7 Å². The first-order chi connectivity index (χ1) is 16.8. The standard InChI is InChI=1S/C25H27IN6O3/c1-24(2)34-18-17(14-10-25(14,19(18)35-24)22(33)27-3)32-11-28-16-20(30-23(26)31-21(16)32)29-15-9-13(15)12-7-5-4-6-8-12/h4-8,11,13-15,17-19H,9-10H2,1-3H3,(H,27,33)(H,29,30,31)/t13?,14-,15?,17-,18-,19-,25+/m1/s1. The number of nitrogens with zero attached hydrogens (tertiary/aromatic N) is 4. The predicted molar refractivity (Wildman–Crippen MR) is 137 cm³/mol. The fraction of sp³-hybridized carbons (Fsp3) is 0.520. The number of carbonyl (C=O) groups is 1. The fourth-order valence-corrected chi connectivity index (χ4v) is 6.98. The number of halogens is 1. The van der Waals surface area contributed by atoms with Gasteiger partial charge >= 0.3 is 0 Å². The molecule has 1 aromatic carbocycles. The Kier molecular flexibility index (Phi) is 4.61. The molecule has 1 aliphatic heterocycles. The van der Waals surface area contributed by atoms with E-state index in [1.807, 2.05) is 26.2 Å². The number of imidazole rings is 1. The van der Waals surface area contributed by atoms with Crippen LogP contribution in [0.2, 0.25) is 0 Å². The average molecular weight is 586 g/mol. The zero-order chi connectivity index (χ0) is 24.1. The van der Waals surface area contributed by atoms with E-state index in [0.29, 0.717) is 15.8 Å². The zero-order valence-corrected chi connectivity index (χ0v) is 21.9. The van der Waals surface area contributed by atoms with Gasteiger partial charge in [0.2, 0.25) is 5.91 Å². The molecule has 9 nitrogen and oxygen atoms in total. The molecule has 1 amide bonds.